The molecule has 0 saturated carbocycles. The molecule has 74 valence electrons. The van der Waals surface area contributed by atoms with Crippen LogP contribution in [0, 0.1) is 0 Å². The zero-order valence-corrected chi connectivity index (χ0v) is 8.65. The Hall–Kier alpha value is -1.58. The smallest absolute Gasteiger partial charge is 0.145 e. The second-order valence-corrected chi connectivity index (χ2v) is 3.81. The summed E-state index contributed by atoms with van der Waals surface area (Å²) in [4.78, 5) is 8.49. The minimum atomic E-state index is 0.366. The van der Waals surface area contributed by atoms with Crippen molar-refractivity contribution in [2.75, 3.05) is 5.73 Å². The summed E-state index contributed by atoms with van der Waals surface area (Å²) in [5.41, 5.74) is 8.60. The maximum Gasteiger partial charge on any atom is 0.145 e. The lowest BCUT2D eigenvalue weighted by atomic mass is 10.1. The van der Waals surface area contributed by atoms with Crippen LogP contribution in [0.3, 0.4) is 0 Å². The van der Waals surface area contributed by atoms with E-state index in [-0.39, 0.29) is 0 Å². The Balaban J connectivity index is 2.85. The highest BCUT2D eigenvalue weighted by atomic mass is 15.0. The van der Waals surface area contributed by atoms with Gasteiger partial charge < -0.3 is 10.3 Å². The highest BCUT2D eigenvalue weighted by Crippen LogP contribution is 2.27. The van der Waals surface area contributed by atoms with Gasteiger partial charge in [0.05, 0.1) is 16.8 Å². The van der Waals surface area contributed by atoms with Crippen molar-refractivity contribution in [2.45, 2.75) is 19.8 Å². The van der Waals surface area contributed by atoms with E-state index >= 15 is 0 Å². The molecule has 0 aliphatic carbocycles. The Bertz CT molecular complexity index is 470. The van der Waals surface area contributed by atoms with Crippen LogP contribution in [-0.2, 0) is 7.05 Å². The van der Waals surface area contributed by atoms with Gasteiger partial charge in [0.25, 0.3) is 0 Å². The van der Waals surface area contributed by atoms with Gasteiger partial charge in [-0.05, 0) is 5.92 Å². The van der Waals surface area contributed by atoms with Crippen LogP contribution >= 0.6 is 0 Å². The van der Waals surface area contributed by atoms with Gasteiger partial charge in [-0.2, -0.15) is 0 Å². The highest BCUT2D eigenvalue weighted by molar-refractivity contribution is 5.91. The van der Waals surface area contributed by atoms with Crippen molar-refractivity contribution in [1.29, 1.82) is 0 Å². The predicted octanol–water partition coefficient (Wildman–Crippen LogP) is 1.67. The maximum atomic E-state index is 5.91. The van der Waals surface area contributed by atoms with E-state index in [1.807, 2.05) is 17.8 Å². The van der Waals surface area contributed by atoms with Crippen LogP contribution in [0.25, 0.3) is 11.0 Å². The molecule has 2 aromatic rings. The van der Waals surface area contributed by atoms with Gasteiger partial charge in [-0.15, -0.1) is 0 Å². The van der Waals surface area contributed by atoms with Gasteiger partial charge in [-0.3, -0.25) is 0 Å². The summed E-state index contributed by atoms with van der Waals surface area (Å²) >= 11 is 0. The molecular weight excluding hydrogens is 176 g/mol. The molecule has 0 aliphatic heterocycles. The molecule has 14 heavy (non-hydrogen) atoms. The van der Waals surface area contributed by atoms with E-state index in [1.54, 1.807) is 6.33 Å². The minimum absolute atomic E-state index is 0.366. The van der Waals surface area contributed by atoms with E-state index < -0.39 is 0 Å². The summed E-state index contributed by atoms with van der Waals surface area (Å²) in [5.74, 6) is 0.366. The Morgan fingerprint density at radius 2 is 2.07 bits per heavy atom. The van der Waals surface area contributed by atoms with Crippen LogP contribution in [0.1, 0.15) is 25.5 Å². The summed E-state index contributed by atoms with van der Waals surface area (Å²) in [5, 5.41) is 0.991. The number of nitrogens with two attached hydrogens (primary N) is 1. The first-order valence-corrected chi connectivity index (χ1v) is 4.66. The average molecular weight is 190 g/mol. The molecular formula is C10H14N4. The second-order valence-electron chi connectivity index (χ2n) is 3.81. The lowest BCUT2D eigenvalue weighted by Crippen LogP contribution is -1.97. The van der Waals surface area contributed by atoms with Crippen molar-refractivity contribution in [3.8, 4) is 0 Å². The summed E-state index contributed by atoms with van der Waals surface area (Å²) in [7, 11) is 1.94. The van der Waals surface area contributed by atoms with Crippen molar-refractivity contribution in [3.63, 3.8) is 0 Å². The number of hydrogen-bond donors (Lipinski definition) is 1. The van der Waals surface area contributed by atoms with Gasteiger partial charge in [0.1, 0.15) is 12.0 Å². The summed E-state index contributed by atoms with van der Waals surface area (Å²) in [6, 6.07) is 0. The van der Waals surface area contributed by atoms with Crippen LogP contribution in [-0.4, -0.2) is 14.5 Å². The molecule has 2 rings (SSSR count). The van der Waals surface area contributed by atoms with Crippen molar-refractivity contribution >= 4 is 16.7 Å². The van der Waals surface area contributed by atoms with E-state index in [0.29, 0.717) is 5.92 Å². The van der Waals surface area contributed by atoms with Gasteiger partial charge in [0.15, 0.2) is 0 Å². The monoisotopic (exact) mass is 190 g/mol. The van der Waals surface area contributed by atoms with E-state index in [9.17, 15) is 0 Å². The number of nitrogens with zero attached hydrogens (tertiary/aromatic N) is 3. The number of hydrogen-bond acceptors (Lipinski definition) is 3. The van der Waals surface area contributed by atoms with Crippen LogP contribution < -0.4 is 5.73 Å². The lowest BCUT2D eigenvalue weighted by molar-refractivity contribution is 0.825. The Morgan fingerprint density at radius 1 is 1.36 bits per heavy atom. The molecule has 0 bridgehead atoms. The third-order valence-corrected chi connectivity index (χ3v) is 2.36. The fraction of sp³-hybridized carbons (Fsp3) is 0.400. The number of aryl methyl sites for hydroxylation is 1. The van der Waals surface area contributed by atoms with Gasteiger partial charge in [0, 0.05) is 13.2 Å². The van der Waals surface area contributed by atoms with E-state index in [1.165, 1.54) is 0 Å². The highest BCUT2D eigenvalue weighted by Gasteiger charge is 2.13. The second kappa shape index (κ2) is 2.97. The van der Waals surface area contributed by atoms with Crippen LogP contribution in [0.4, 0.5) is 5.69 Å². The molecule has 2 N–H and O–H groups in total. The van der Waals surface area contributed by atoms with Gasteiger partial charge in [-0.1, -0.05) is 13.8 Å². The fourth-order valence-corrected chi connectivity index (χ4v) is 1.71. The molecule has 0 aromatic carbocycles. The topological polar surface area (TPSA) is 56.7 Å². The minimum Gasteiger partial charge on any atom is -0.397 e. The van der Waals surface area contributed by atoms with Crippen molar-refractivity contribution < 1.29 is 0 Å². The first-order valence-electron chi connectivity index (χ1n) is 4.66. The van der Waals surface area contributed by atoms with E-state index in [0.717, 1.165) is 22.4 Å². The van der Waals surface area contributed by atoms with E-state index in [2.05, 4.69) is 23.8 Å². The molecule has 0 aliphatic rings. The zero-order chi connectivity index (χ0) is 10.3. The van der Waals surface area contributed by atoms with Crippen molar-refractivity contribution in [3.05, 3.63) is 18.2 Å². The Labute approximate surface area is 82.8 Å². The number of fused-ring (bicyclic) bond motifs is 1. The summed E-state index contributed by atoms with van der Waals surface area (Å²) in [6.07, 6.45) is 3.47. The normalized spacial score (nSPS) is 11.4. The molecule has 0 radical (unpaired) electrons. The predicted molar refractivity (Wildman–Crippen MR) is 57.0 cm³/mol. The Morgan fingerprint density at radius 3 is 2.71 bits per heavy atom. The molecule has 0 saturated heterocycles. The number of nitrogen functional groups attached to an aromatic ring is 1. The van der Waals surface area contributed by atoms with E-state index in [4.69, 9.17) is 5.73 Å². The fourth-order valence-electron chi connectivity index (χ4n) is 1.71. The summed E-state index contributed by atoms with van der Waals surface area (Å²) < 4.78 is 1.93. The van der Waals surface area contributed by atoms with Gasteiger partial charge in [0.2, 0.25) is 0 Å². The maximum absolute atomic E-state index is 5.91. The first kappa shape index (κ1) is 8.99. The first-order chi connectivity index (χ1) is 6.61. The SMILES string of the molecule is CC(C)c1ncnc2c1c(N)cn2C. The molecule has 0 spiro atoms. The number of aromatic nitrogens is 3. The third-order valence-electron chi connectivity index (χ3n) is 2.36. The van der Waals surface area contributed by atoms with Crippen LogP contribution in [0.15, 0.2) is 12.5 Å². The molecule has 4 nitrogen and oxygen atoms in total. The third kappa shape index (κ3) is 1.14. The molecule has 4 heteroatoms. The molecule has 0 atom stereocenters. The molecule has 2 heterocycles. The Kier molecular flexibility index (Phi) is 1.91. The molecule has 0 unspecified atom stereocenters. The molecule has 0 fully saturated rings. The summed E-state index contributed by atoms with van der Waals surface area (Å²) in [6.45, 7) is 4.21. The standard InChI is InChI=1S/C10H14N4/c1-6(2)9-8-7(11)4-14(3)10(8)13-5-12-9/h4-6H,11H2,1-3H3. The quantitative estimate of drug-likeness (QED) is 0.744. The number of rotatable bonds is 1. The number of anilines is 1. The van der Waals surface area contributed by atoms with Gasteiger partial charge in [-0.25, -0.2) is 9.97 Å². The lowest BCUT2D eigenvalue weighted by Gasteiger charge is -2.05. The van der Waals surface area contributed by atoms with Crippen molar-refractivity contribution in [2.24, 2.45) is 7.05 Å². The van der Waals surface area contributed by atoms with Gasteiger partial charge >= 0.3 is 0 Å². The average Bonchev–Trinajstić information content (AvgIpc) is 2.43. The zero-order valence-electron chi connectivity index (χ0n) is 8.65. The molecule has 0 amide bonds. The van der Waals surface area contributed by atoms with Crippen molar-refractivity contribution in [1.82, 2.24) is 14.5 Å². The van der Waals surface area contributed by atoms with Crippen LogP contribution in [0.5, 0.6) is 0 Å². The largest absolute Gasteiger partial charge is 0.397 e. The molecule has 2 aromatic heterocycles. The van der Waals surface area contributed by atoms with Crippen LogP contribution in [0.2, 0.25) is 0 Å².